The lowest BCUT2D eigenvalue weighted by Gasteiger charge is -2.22. The Labute approximate surface area is 205 Å². The summed E-state index contributed by atoms with van der Waals surface area (Å²) in [6.45, 7) is 11.0. The molecular weight excluding hydrogens is 430 g/mol. The Morgan fingerprint density at radius 3 is 2.23 bits per heavy atom. The fourth-order valence-electron chi connectivity index (χ4n) is 5.10. The number of rotatable bonds is 4. The van der Waals surface area contributed by atoms with E-state index in [0.29, 0.717) is 17.5 Å². The number of hydrogen-bond acceptors (Lipinski definition) is 3. The minimum atomic E-state index is 0.382. The number of aromatic nitrogens is 3. The van der Waals surface area contributed by atoms with Crippen molar-refractivity contribution in [2.75, 3.05) is 0 Å². The van der Waals surface area contributed by atoms with Gasteiger partial charge in [0.1, 0.15) is 11.4 Å². The highest BCUT2D eigenvalue weighted by molar-refractivity contribution is 6.05. The summed E-state index contributed by atoms with van der Waals surface area (Å²) < 4.78 is 8.43. The van der Waals surface area contributed by atoms with Crippen LogP contribution in [0.1, 0.15) is 56.4 Å². The second-order valence-electron chi connectivity index (χ2n) is 9.97. The largest absolute Gasteiger partial charge is 0.438 e. The second-order valence-corrected chi connectivity index (χ2v) is 9.97. The third-order valence-corrected chi connectivity index (χ3v) is 6.86. The van der Waals surface area contributed by atoms with Crippen molar-refractivity contribution in [3.8, 4) is 17.1 Å². The third kappa shape index (κ3) is 3.44. The molecule has 174 valence electrons. The van der Waals surface area contributed by atoms with Gasteiger partial charge in [-0.15, -0.1) is 0 Å². The molecule has 0 aliphatic heterocycles. The minimum Gasteiger partial charge on any atom is -0.438 e. The first kappa shape index (κ1) is 21.6. The topological polar surface area (TPSA) is 43.9 Å². The molecule has 0 N–H and O–H groups in total. The fourth-order valence-corrected chi connectivity index (χ4v) is 5.10. The molecule has 4 heteroatoms. The molecule has 0 atom stereocenters. The van der Waals surface area contributed by atoms with Crippen LogP contribution in [0.5, 0.6) is 0 Å². The summed E-state index contributed by atoms with van der Waals surface area (Å²) in [6, 6.07) is 25.6. The van der Waals surface area contributed by atoms with E-state index in [9.17, 15) is 0 Å². The van der Waals surface area contributed by atoms with Crippen molar-refractivity contribution < 1.29 is 4.42 Å². The van der Waals surface area contributed by atoms with Gasteiger partial charge in [0.2, 0.25) is 5.71 Å². The summed E-state index contributed by atoms with van der Waals surface area (Å²) in [5, 5.41) is 2.09. The molecule has 4 nitrogen and oxygen atoms in total. The number of hydrogen-bond donors (Lipinski definition) is 0. The van der Waals surface area contributed by atoms with E-state index in [4.69, 9.17) is 9.40 Å². The smallest absolute Gasteiger partial charge is 0.227 e. The number of nitrogens with zero attached hydrogens (tertiary/aromatic N) is 3. The van der Waals surface area contributed by atoms with Gasteiger partial charge >= 0.3 is 0 Å². The van der Waals surface area contributed by atoms with Crippen molar-refractivity contribution in [3.05, 3.63) is 89.6 Å². The lowest BCUT2D eigenvalue weighted by atomic mass is 9.92. The molecule has 0 aliphatic rings. The lowest BCUT2D eigenvalue weighted by molar-refractivity contribution is 0.652. The van der Waals surface area contributed by atoms with Gasteiger partial charge < -0.3 is 4.42 Å². The molecule has 3 aromatic heterocycles. The Bertz CT molecular complexity index is 1690. The zero-order chi connectivity index (χ0) is 24.3. The molecule has 35 heavy (non-hydrogen) atoms. The average Bonchev–Trinajstić information content (AvgIpc) is 3.40. The molecule has 0 unspecified atom stereocenters. The van der Waals surface area contributed by atoms with Crippen LogP contribution in [0.2, 0.25) is 0 Å². The standard InChI is InChI=1S/C31H29N3O/c1-18(2)22-9-8-10-23(19(3)4)29(22)34-27-12-7-6-11-26(27)33-30(34)21-14-16-28-25(17-21)24-15-13-20(5)32-31(24)35-28/h6-19H,1-5H3. The van der Waals surface area contributed by atoms with Crippen molar-refractivity contribution in [2.24, 2.45) is 0 Å². The zero-order valence-corrected chi connectivity index (χ0v) is 20.8. The Kier molecular flexibility index (Phi) is 4.99. The summed E-state index contributed by atoms with van der Waals surface area (Å²) in [5.41, 5.74) is 9.54. The van der Waals surface area contributed by atoms with E-state index in [1.807, 2.05) is 19.1 Å². The zero-order valence-electron chi connectivity index (χ0n) is 20.8. The number of benzene rings is 3. The molecule has 6 rings (SSSR count). The Morgan fingerprint density at radius 1 is 0.743 bits per heavy atom. The monoisotopic (exact) mass is 459 g/mol. The quantitative estimate of drug-likeness (QED) is 0.265. The highest BCUT2D eigenvalue weighted by Gasteiger charge is 2.22. The number of fused-ring (bicyclic) bond motifs is 4. The van der Waals surface area contributed by atoms with Crippen molar-refractivity contribution in [1.82, 2.24) is 14.5 Å². The summed E-state index contributed by atoms with van der Waals surface area (Å²) in [4.78, 5) is 9.75. The Morgan fingerprint density at radius 2 is 1.49 bits per heavy atom. The summed E-state index contributed by atoms with van der Waals surface area (Å²) >= 11 is 0. The van der Waals surface area contributed by atoms with Crippen molar-refractivity contribution >= 4 is 33.1 Å². The minimum absolute atomic E-state index is 0.382. The van der Waals surface area contributed by atoms with Crippen molar-refractivity contribution in [1.29, 1.82) is 0 Å². The molecule has 3 aromatic carbocycles. The van der Waals surface area contributed by atoms with Crippen LogP contribution < -0.4 is 0 Å². The van der Waals surface area contributed by atoms with Crippen LogP contribution in [0, 0.1) is 6.92 Å². The summed E-state index contributed by atoms with van der Waals surface area (Å²) in [7, 11) is 0. The first-order chi connectivity index (χ1) is 16.9. The molecule has 0 aliphatic carbocycles. The molecule has 0 bridgehead atoms. The van der Waals surface area contributed by atoms with E-state index in [1.165, 1.54) is 16.8 Å². The first-order valence-corrected chi connectivity index (χ1v) is 12.3. The highest BCUT2D eigenvalue weighted by atomic mass is 16.3. The van der Waals surface area contributed by atoms with Gasteiger partial charge in [-0.05, 0) is 72.4 Å². The molecule has 0 spiro atoms. The van der Waals surface area contributed by atoms with Crippen LogP contribution in [0.15, 0.2) is 77.2 Å². The van der Waals surface area contributed by atoms with E-state index in [1.54, 1.807) is 0 Å². The van der Waals surface area contributed by atoms with Gasteiger partial charge in [-0.25, -0.2) is 9.97 Å². The number of pyridine rings is 1. The van der Waals surface area contributed by atoms with Gasteiger partial charge in [-0.1, -0.05) is 58.0 Å². The predicted molar refractivity (Wildman–Crippen MR) is 144 cm³/mol. The van der Waals surface area contributed by atoms with Crippen molar-refractivity contribution in [2.45, 2.75) is 46.5 Å². The second kappa shape index (κ2) is 8.09. The van der Waals surface area contributed by atoms with Crippen LogP contribution in [-0.2, 0) is 0 Å². The van der Waals surface area contributed by atoms with Gasteiger partial charge in [0.05, 0.1) is 16.7 Å². The number of furan rings is 1. The van der Waals surface area contributed by atoms with E-state index in [2.05, 4.69) is 97.9 Å². The number of imidazole rings is 1. The first-order valence-electron chi connectivity index (χ1n) is 12.3. The molecule has 0 saturated carbocycles. The van der Waals surface area contributed by atoms with E-state index < -0.39 is 0 Å². The van der Waals surface area contributed by atoms with E-state index in [0.717, 1.165) is 44.5 Å². The van der Waals surface area contributed by atoms with E-state index in [-0.39, 0.29) is 0 Å². The highest BCUT2D eigenvalue weighted by Crippen LogP contribution is 2.38. The van der Waals surface area contributed by atoms with Crippen LogP contribution >= 0.6 is 0 Å². The van der Waals surface area contributed by atoms with Crippen molar-refractivity contribution in [3.63, 3.8) is 0 Å². The number of aryl methyl sites for hydroxylation is 1. The van der Waals surface area contributed by atoms with Crippen LogP contribution in [0.3, 0.4) is 0 Å². The van der Waals surface area contributed by atoms with Gasteiger partial charge in [0, 0.05) is 22.0 Å². The molecular formula is C31H29N3O. The molecule has 0 radical (unpaired) electrons. The third-order valence-electron chi connectivity index (χ3n) is 6.86. The molecule has 6 aromatic rings. The van der Waals surface area contributed by atoms with Crippen LogP contribution in [-0.4, -0.2) is 14.5 Å². The normalized spacial score (nSPS) is 12.1. The maximum atomic E-state index is 6.06. The van der Waals surface area contributed by atoms with Gasteiger partial charge in [0.25, 0.3) is 0 Å². The average molecular weight is 460 g/mol. The SMILES string of the molecule is Cc1ccc2c(n1)oc1ccc(-c3nc4ccccc4n3-c3c(C(C)C)cccc3C(C)C)cc12. The van der Waals surface area contributed by atoms with Gasteiger partial charge in [-0.3, -0.25) is 4.57 Å². The predicted octanol–water partition coefficient (Wildman–Crippen LogP) is 8.54. The fraction of sp³-hybridized carbons (Fsp3) is 0.226. The Hall–Kier alpha value is -3.92. The number of para-hydroxylation sites is 3. The van der Waals surface area contributed by atoms with Gasteiger partial charge in [0.15, 0.2) is 0 Å². The maximum Gasteiger partial charge on any atom is 0.227 e. The molecule has 0 saturated heterocycles. The molecule has 0 fully saturated rings. The lowest BCUT2D eigenvalue weighted by Crippen LogP contribution is -2.08. The van der Waals surface area contributed by atoms with Crippen LogP contribution in [0.25, 0.3) is 50.2 Å². The molecule has 0 amide bonds. The molecule has 3 heterocycles. The van der Waals surface area contributed by atoms with Gasteiger partial charge in [-0.2, -0.15) is 0 Å². The Balaban J connectivity index is 1.70. The van der Waals surface area contributed by atoms with E-state index >= 15 is 0 Å². The summed E-state index contributed by atoms with van der Waals surface area (Å²) in [5.74, 6) is 1.71. The maximum absolute atomic E-state index is 6.06. The van der Waals surface area contributed by atoms with Crippen LogP contribution in [0.4, 0.5) is 0 Å². The summed E-state index contributed by atoms with van der Waals surface area (Å²) in [6.07, 6.45) is 0.